The van der Waals surface area contributed by atoms with E-state index in [1.807, 2.05) is 6.92 Å². The normalized spacial score (nSPS) is 15.8. The number of benzene rings is 2. The molecule has 13 heteroatoms. The lowest BCUT2D eigenvalue weighted by atomic mass is 10.1. The maximum absolute atomic E-state index is 12.9. The molecular formula is C23H19F3N2O7S. The van der Waals surface area contributed by atoms with Crippen LogP contribution in [0.3, 0.4) is 0 Å². The topological polar surface area (TPSA) is 116 Å². The van der Waals surface area contributed by atoms with Crippen LogP contribution in [0.1, 0.15) is 31.4 Å². The second-order valence-corrected chi connectivity index (χ2v) is 8.58. The van der Waals surface area contributed by atoms with Gasteiger partial charge in [-0.05, 0) is 61.0 Å². The van der Waals surface area contributed by atoms with E-state index >= 15 is 0 Å². The van der Waals surface area contributed by atoms with Crippen LogP contribution in [0.15, 0.2) is 47.4 Å². The summed E-state index contributed by atoms with van der Waals surface area (Å²) in [6.07, 6.45) is -3.20. The monoisotopic (exact) mass is 524 g/mol. The summed E-state index contributed by atoms with van der Waals surface area (Å²) in [5.41, 5.74) is -1.70. The van der Waals surface area contributed by atoms with E-state index in [1.54, 1.807) is 13.0 Å². The molecule has 3 rings (SSSR count). The first-order valence-electron chi connectivity index (χ1n) is 10.5. The Hall–Kier alpha value is -3.87. The van der Waals surface area contributed by atoms with Crippen molar-refractivity contribution in [2.45, 2.75) is 32.5 Å². The van der Waals surface area contributed by atoms with E-state index in [2.05, 4.69) is 0 Å². The molecule has 0 aliphatic carbocycles. The fraction of sp³-hybridized carbons (Fsp3) is 0.261. The molecule has 0 bridgehead atoms. The summed E-state index contributed by atoms with van der Waals surface area (Å²) in [5, 5.41) is 10.6. The molecule has 2 amide bonds. The Morgan fingerprint density at radius 2 is 1.94 bits per heavy atom. The number of rotatable bonds is 8. The first-order valence-corrected chi connectivity index (χ1v) is 11.3. The van der Waals surface area contributed by atoms with Crippen LogP contribution < -0.4 is 4.74 Å². The largest absolute Gasteiger partial charge is 0.461 e. The summed E-state index contributed by atoms with van der Waals surface area (Å²) in [4.78, 5) is 47.9. The Labute approximate surface area is 207 Å². The van der Waals surface area contributed by atoms with Crippen molar-refractivity contribution in [3.05, 3.63) is 68.6 Å². The lowest BCUT2D eigenvalue weighted by Gasteiger charge is -2.14. The lowest BCUT2D eigenvalue weighted by Crippen LogP contribution is -2.35. The molecule has 2 aromatic carbocycles. The molecule has 0 saturated carbocycles. The molecule has 1 fully saturated rings. The lowest BCUT2D eigenvalue weighted by molar-refractivity contribution is -0.385. The number of esters is 1. The van der Waals surface area contributed by atoms with Crippen molar-refractivity contribution in [1.29, 1.82) is 0 Å². The summed E-state index contributed by atoms with van der Waals surface area (Å²) in [7, 11) is 0. The van der Waals surface area contributed by atoms with Gasteiger partial charge in [-0.15, -0.1) is 0 Å². The van der Waals surface area contributed by atoms with Gasteiger partial charge >= 0.3 is 17.8 Å². The van der Waals surface area contributed by atoms with Crippen LogP contribution in [0, 0.1) is 10.1 Å². The van der Waals surface area contributed by atoms with E-state index in [4.69, 9.17) is 9.47 Å². The number of thioether (sulfide) groups is 1. The van der Waals surface area contributed by atoms with Gasteiger partial charge in [0.2, 0.25) is 5.75 Å². The quantitative estimate of drug-likeness (QED) is 0.185. The molecule has 0 N–H and O–H groups in total. The molecule has 1 atom stereocenters. The predicted molar refractivity (Wildman–Crippen MR) is 123 cm³/mol. The molecule has 0 aromatic heterocycles. The van der Waals surface area contributed by atoms with Crippen LogP contribution in [-0.4, -0.2) is 39.6 Å². The molecule has 0 unspecified atom stereocenters. The van der Waals surface area contributed by atoms with Crippen molar-refractivity contribution in [2.24, 2.45) is 0 Å². The minimum absolute atomic E-state index is 0.0222. The SMILES string of the molecule is CC[C@H](C)OC(=O)CN1C(=O)S/C(=C/c2cccc(Oc3ccc(C(F)(F)F)cc3[N+](=O)[O-])c2)C1=O. The van der Waals surface area contributed by atoms with Gasteiger partial charge < -0.3 is 9.47 Å². The van der Waals surface area contributed by atoms with Gasteiger partial charge in [-0.2, -0.15) is 13.2 Å². The zero-order valence-electron chi connectivity index (χ0n) is 18.9. The Morgan fingerprint density at radius 3 is 2.58 bits per heavy atom. The number of nitrogens with zero attached hydrogens (tertiary/aromatic N) is 2. The molecular weight excluding hydrogens is 505 g/mol. The van der Waals surface area contributed by atoms with E-state index in [0.29, 0.717) is 35.9 Å². The van der Waals surface area contributed by atoms with Crippen molar-refractivity contribution in [1.82, 2.24) is 4.90 Å². The van der Waals surface area contributed by atoms with E-state index in [9.17, 15) is 37.7 Å². The average Bonchev–Trinajstić information content (AvgIpc) is 3.05. The first-order chi connectivity index (χ1) is 16.9. The highest BCUT2D eigenvalue weighted by atomic mass is 32.2. The number of carbonyl (C=O) groups is 3. The van der Waals surface area contributed by atoms with Crippen molar-refractivity contribution in [2.75, 3.05) is 6.54 Å². The third-order valence-electron chi connectivity index (χ3n) is 4.93. The molecule has 190 valence electrons. The Bertz CT molecular complexity index is 1250. The van der Waals surface area contributed by atoms with Crippen LogP contribution in [0.25, 0.3) is 6.08 Å². The number of imide groups is 1. The smallest absolute Gasteiger partial charge is 0.416 e. The number of ether oxygens (including phenoxy) is 2. The third kappa shape index (κ3) is 6.42. The second-order valence-electron chi connectivity index (χ2n) is 7.59. The molecule has 2 aromatic rings. The minimum atomic E-state index is -4.77. The molecule has 0 radical (unpaired) electrons. The highest BCUT2D eigenvalue weighted by Crippen LogP contribution is 2.38. The summed E-state index contributed by atoms with van der Waals surface area (Å²) < 4.78 is 49.3. The van der Waals surface area contributed by atoms with E-state index in [-0.39, 0.29) is 16.8 Å². The van der Waals surface area contributed by atoms with Gasteiger partial charge in [-0.25, -0.2) is 0 Å². The van der Waals surface area contributed by atoms with Crippen LogP contribution in [0.2, 0.25) is 0 Å². The van der Waals surface area contributed by atoms with Crippen molar-refractivity contribution in [3.8, 4) is 11.5 Å². The number of hydrogen-bond acceptors (Lipinski definition) is 8. The van der Waals surface area contributed by atoms with Gasteiger partial charge in [-0.1, -0.05) is 19.1 Å². The summed E-state index contributed by atoms with van der Waals surface area (Å²) in [6.45, 7) is 2.96. The average molecular weight is 524 g/mol. The van der Waals surface area contributed by atoms with Crippen molar-refractivity contribution >= 4 is 40.6 Å². The standard InChI is InChI=1S/C23H19F3N2O7S/c1-3-13(2)34-20(29)12-27-21(30)19(36-22(27)31)10-14-5-4-6-16(9-14)35-18-8-7-15(23(24,25)26)11-17(18)28(32)33/h4-11,13H,3,12H2,1-2H3/b19-10+/t13-/m0/s1. The van der Waals surface area contributed by atoms with Crippen LogP contribution in [0.4, 0.5) is 23.7 Å². The summed E-state index contributed by atoms with van der Waals surface area (Å²) in [6, 6.07) is 7.72. The third-order valence-corrected chi connectivity index (χ3v) is 5.84. The van der Waals surface area contributed by atoms with Crippen molar-refractivity contribution < 1.29 is 42.0 Å². The molecule has 0 spiro atoms. The maximum Gasteiger partial charge on any atom is 0.416 e. The highest BCUT2D eigenvalue weighted by molar-refractivity contribution is 8.18. The molecule has 36 heavy (non-hydrogen) atoms. The Kier molecular flexibility index (Phi) is 8.03. The maximum atomic E-state index is 12.9. The van der Waals surface area contributed by atoms with E-state index < -0.39 is 51.8 Å². The zero-order valence-corrected chi connectivity index (χ0v) is 19.7. The van der Waals surface area contributed by atoms with Gasteiger partial charge in [0, 0.05) is 6.07 Å². The van der Waals surface area contributed by atoms with E-state index in [1.165, 1.54) is 24.3 Å². The fourth-order valence-corrected chi connectivity index (χ4v) is 3.82. The van der Waals surface area contributed by atoms with Gasteiger partial charge in [0.15, 0.2) is 0 Å². The number of nitro benzene ring substituents is 1. The predicted octanol–water partition coefficient (Wildman–Crippen LogP) is 5.78. The Balaban J connectivity index is 1.79. The number of nitro groups is 1. The first kappa shape index (κ1) is 26.7. The van der Waals surface area contributed by atoms with Crippen LogP contribution >= 0.6 is 11.8 Å². The number of amides is 2. The van der Waals surface area contributed by atoms with Gasteiger partial charge in [-0.3, -0.25) is 29.4 Å². The summed E-state index contributed by atoms with van der Waals surface area (Å²) in [5.74, 6) is -1.79. The number of halogens is 3. The van der Waals surface area contributed by atoms with Gasteiger partial charge in [0.25, 0.3) is 11.1 Å². The van der Waals surface area contributed by atoms with Gasteiger partial charge in [0.05, 0.1) is 21.5 Å². The number of alkyl halides is 3. The number of carbonyl (C=O) groups excluding carboxylic acids is 3. The molecule has 1 aliphatic heterocycles. The summed E-state index contributed by atoms with van der Waals surface area (Å²) >= 11 is 0.617. The molecule has 9 nitrogen and oxygen atoms in total. The second kappa shape index (κ2) is 10.8. The Morgan fingerprint density at radius 1 is 1.22 bits per heavy atom. The molecule has 1 saturated heterocycles. The van der Waals surface area contributed by atoms with Crippen LogP contribution in [-0.2, 0) is 20.5 Å². The van der Waals surface area contributed by atoms with Gasteiger partial charge in [0.1, 0.15) is 12.3 Å². The van der Waals surface area contributed by atoms with E-state index in [0.717, 1.165) is 11.0 Å². The van der Waals surface area contributed by atoms with Crippen molar-refractivity contribution in [3.63, 3.8) is 0 Å². The molecule has 1 heterocycles. The minimum Gasteiger partial charge on any atom is -0.461 e. The van der Waals surface area contributed by atoms with Crippen LogP contribution in [0.5, 0.6) is 11.5 Å². The number of hydrogen-bond donors (Lipinski definition) is 0. The molecule has 1 aliphatic rings. The fourth-order valence-electron chi connectivity index (χ4n) is 2.98. The highest BCUT2D eigenvalue weighted by Gasteiger charge is 2.37. The zero-order chi connectivity index (χ0) is 26.6.